The number of aromatic nitrogens is 1. The van der Waals surface area contributed by atoms with Crippen LogP contribution in [0.15, 0.2) is 34.0 Å². The number of Topliss-reactive ketones (excluding diaryl/α,β-unsaturated/α-hetero) is 1. The van der Waals surface area contributed by atoms with E-state index < -0.39 is 11.2 Å². The SMILES string of the molecule is COc1c2c(nc3occc13)[C@](CC=C(C)C)(OC)C(=O)C1=C2OC(C)(C)[C@H]1C. The number of carbonyl (C=O) groups excluding carboxylic acids is 1. The maximum Gasteiger partial charge on any atom is 0.229 e. The fourth-order valence-electron chi connectivity index (χ4n) is 4.25. The van der Waals surface area contributed by atoms with Crippen molar-refractivity contribution in [3.63, 3.8) is 0 Å². The van der Waals surface area contributed by atoms with E-state index in [9.17, 15) is 4.79 Å². The molecule has 0 unspecified atom stereocenters. The highest BCUT2D eigenvalue weighted by molar-refractivity contribution is 6.13. The maximum atomic E-state index is 13.9. The molecule has 2 atom stereocenters. The van der Waals surface area contributed by atoms with E-state index >= 15 is 0 Å². The molecule has 2 aliphatic rings. The number of rotatable bonds is 4. The van der Waals surface area contributed by atoms with Crippen molar-refractivity contribution in [3.8, 4) is 5.75 Å². The second kappa shape index (κ2) is 6.46. The fraction of sp³-hybridized carbons (Fsp3) is 0.478. The van der Waals surface area contributed by atoms with Crippen LogP contribution in [-0.2, 0) is 19.9 Å². The van der Waals surface area contributed by atoms with Crippen molar-refractivity contribution in [1.29, 1.82) is 0 Å². The minimum absolute atomic E-state index is 0.107. The summed E-state index contributed by atoms with van der Waals surface area (Å²) in [6.45, 7) is 9.99. The summed E-state index contributed by atoms with van der Waals surface area (Å²) in [7, 11) is 3.16. The first kappa shape index (κ1) is 19.7. The summed E-state index contributed by atoms with van der Waals surface area (Å²) in [5.41, 5.74) is 1.49. The molecule has 3 heterocycles. The van der Waals surface area contributed by atoms with Gasteiger partial charge in [0.05, 0.1) is 30.0 Å². The van der Waals surface area contributed by atoms with E-state index in [2.05, 4.69) is 0 Å². The number of ketones is 1. The molecule has 154 valence electrons. The number of furan rings is 1. The molecule has 0 spiro atoms. The molecule has 0 bridgehead atoms. The first-order chi connectivity index (χ1) is 13.7. The highest BCUT2D eigenvalue weighted by atomic mass is 16.5. The van der Waals surface area contributed by atoms with Crippen LogP contribution >= 0.6 is 0 Å². The Morgan fingerprint density at radius 1 is 1.31 bits per heavy atom. The summed E-state index contributed by atoms with van der Waals surface area (Å²) < 4.78 is 23.7. The van der Waals surface area contributed by atoms with Crippen molar-refractivity contribution in [2.45, 2.75) is 52.2 Å². The molecular formula is C23H27NO5. The number of hydrogen-bond donors (Lipinski definition) is 0. The number of nitrogens with zero attached hydrogens (tertiary/aromatic N) is 1. The van der Waals surface area contributed by atoms with E-state index in [1.54, 1.807) is 20.5 Å². The monoisotopic (exact) mass is 397 g/mol. The van der Waals surface area contributed by atoms with E-state index in [0.717, 1.165) is 11.0 Å². The third kappa shape index (κ3) is 2.58. The molecule has 2 aromatic rings. The number of hydrogen-bond acceptors (Lipinski definition) is 6. The standard InChI is InChI=1S/C23H27NO5/c1-12(2)8-10-23(27-7)19-16(17(26-6)14-9-11-28-21(14)24-19)18-15(20(23)25)13(3)22(4,5)29-18/h8-9,11,13H,10H2,1-7H3/t13-,23-/m0/s1. The second-order valence-electron chi connectivity index (χ2n) is 8.52. The average molecular weight is 397 g/mol. The predicted molar refractivity (Wildman–Crippen MR) is 110 cm³/mol. The van der Waals surface area contributed by atoms with Gasteiger partial charge in [0, 0.05) is 25.0 Å². The zero-order valence-electron chi connectivity index (χ0n) is 18.0. The van der Waals surface area contributed by atoms with Crippen molar-refractivity contribution in [2.75, 3.05) is 14.2 Å². The van der Waals surface area contributed by atoms with Gasteiger partial charge in [0.1, 0.15) is 17.1 Å². The number of carbonyl (C=O) groups is 1. The lowest BCUT2D eigenvalue weighted by Crippen LogP contribution is -2.44. The summed E-state index contributed by atoms with van der Waals surface area (Å²) in [5.74, 6) is 0.907. The molecule has 1 aliphatic heterocycles. The minimum atomic E-state index is -1.27. The molecule has 0 saturated carbocycles. The van der Waals surface area contributed by atoms with Gasteiger partial charge in [-0.1, -0.05) is 18.6 Å². The molecule has 4 rings (SSSR count). The van der Waals surface area contributed by atoms with Crippen molar-refractivity contribution in [1.82, 2.24) is 4.98 Å². The van der Waals surface area contributed by atoms with Crippen LogP contribution in [0.25, 0.3) is 16.9 Å². The number of fused-ring (bicyclic) bond motifs is 3. The Morgan fingerprint density at radius 3 is 2.66 bits per heavy atom. The lowest BCUT2D eigenvalue weighted by molar-refractivity contribution is -0.139. The van der Waals surface area contributed by atoms with Gasteiger partial charge in [0.2, 0.25) is 11.5 Å². The number of methoxy groups -OCH3 is 2. The Hall–Kier alpha value is -2.60. The summed E-state index contributed by atoms with van der Waals surface area (Å²) >= 11 is 0. The Kier molecular flexibility index (Phi) is 4.39. The predicted octanol–water partition coefficient (Wildman–Crippen LogP) is 4.77. The molecule has 6 heteroatoms. The Labute approximate surface area is 170 Å². The molecule has 1 aliphatic carbocycles. The number of allylic oxidation sites excluding steroid dienone is 1. The van der Waals surface area contributed by atoms with Crippen LogP contribution in [-0.4, -0.2) is 30.6 Å². The normalized spacial score (nSPS) is 24.9. The fourth-order valence-corrected chi connectivity index (χ4v) is 4.25. The zero-order chi connectivity index (χ0) is 21.1. The van der Waals surface area contributed by atoms with Crippen LogP contribution in [0.3, 0.4) is 0 Å². The molecular weight excluding hydrogens is 370 g/mol. The molecule has 0 radical (unpaired) electrons. The summed E-state index contributed by atoms with van der Waals surface area (Å²) in [4.78, 5) is 18.6. The zero-order valence-corrected chi connectivity index (χ0v) is 18.0. The van der Waals surface area contributed by atoms with Crippen LogP contribution in [0.5, 0.6) is 5.75 Å². The average Bonchev–Trinajstić information content (AvgIpc) is 3.23. The Balaban J connectivity index is 2.12. The molecule has 2 aromatic heterocycles. The molecule has 0 saturated heterocycles. The lowest BCUT2D eigenvalue weighted by atomic mass is 9.73. The molecule has 0 amide bonds. The van der Waals surface area contributed by atoms with Crippen molar-refractivity contribution >= 4 is 22.6 Å². The van der Waals surface area contributed by atoms with Gasteiger partial charge in [-0.05, 0) is 33.8 Å². The first-order valence-electron chi connectivity index (χ1n) is 9.80. The summed E-state index contributed by atoms with van der Waals surface area (Å²) in [5, 5.41) is 0.737. The second-order valence-corrected chi connectivity index (χ2v) is 8.52. The molecule has 29 heavy (non-hydrogen) atoms. The Morgan fingerprint density at radius 2 is 2.03 bits per heavy atom. The van der Waals surface area contributed by atoms with Crippen molar-refractivity contribution < 1.29 is 23.4 Å². The highest BCUT2D eigenvalue weighted by Gasteiger charge is 2.57. The van der Waals surface area contributed by atoms with E-state index in [0.29, 0.717) is 40.5 Å². The van der Waals surface area contributed by atoms with Crippen molar-refractivity contribution in [3.05, 3.63) is 40.8 Å². The van der Waals surface area contributed by atoms with E-state index in [4.69, 9.17) is 23.6 Å². The largest absolute Gasteiger partial charge is 0.495 e. The minimum Gasteiger partial charge on any atom is -0.495 e. The van der Waals surface area contributed by atoms with Gasteiger partial charge < -0.3 is 18.6 Å². The third-order valence-electron chi connectivity index (χ3n) is 6.22. The quantitative estimate of drug-likeness (QED) is 0.692. The van der Waals surface area contributed by atoms with Gasteiger partial charge in [0.15, 0.2) is 5.60 Å². The van der Waals surface area contributed by atoms with Gasteiger partial charge >= 0.3 is 0 Å². The number of pyridine rings is 1. The van der Waals surface area contributed by atoms with Gasteiger partial charge in [-0.3, -0.25) is 4.79 Å². The molecule has 6 nitrogen and oxygen atoms in total. The topological polar surface area (TPSA) is 70.8 Å². The van der Waals surface area contributed by atoms with Gasteiger partial charge in [-0.25, -0.2) is 4.98 Å². The molecule has 0 N–H and O–H groups in total. The first-order valence-corrected chi connectivity index (χ1v) is 9.80. The van der Waals surface area contributed by atoms with Crippen LogP contribution in [0.2, 0.25) is 0 Å². The van der Waals surface area contributed by atoms with Crippen LogP contribution in [0.1, 0.15) is 52.3 Å². The Bertz CT molecular complexity index is 1070. The highest BCUT2D eigenvalue weighted by Crippen LogP contribution is 2.55. The molecule has 0 aromatic carbocycles. The third-order valence-corrected chi connectivity index (χ3v) is 6.22. The van der Waals surface area contributed by atoms with E-state index in [1.165, 1.54) is 0 Å². The van der Waals surface area contributed by atoms with Gasteiger partial charge in [0.25, 0.3) is 0 Å². The van der Waals surface area contributed by atoms with E-state index in [1.807, 2.05) is 46.8 Å². The number of ether oxygens (including phenoxy) is 3. The smallest absolute Gasteiger partial charge is 0.229 e. The van der Waals surface area contributed by atoms with Crippen LogP contribution < -0.4 is 4.74 Å². The molecule has 0 fully saturated rings. The van der Waals surface area contributed by atoms with Crippen LogP contribution in [0.4, 0.5) is 0 Å². The van der Waals surface area contributed by atoms with E-state index in [-0.39, 0.29) is 11.7 Å². The van der Waals surface area contributed by atoms with Gasteiger partial charge in [-0.2, -0.15) is 0 Å². The van der Waals surface area contributed by atoms with Crippen LogP contribution in [0, 0.1) is 5.92 Å². The summed E-state index contributed by atoms with van der Waals surface area (Å²) in [6, 6.07) is 1.81. The lowest BCUT2D eigenvalue weighted by Gasteiger charge is -2.35. The van der Waals surface area contributed by atoms with Crippen molar-refractivity contribution in [2.24, 2.45) is 5.92 Å². The summed E-state index contributed by atoms with van der Waals surface area (Å²) in [6.07, 6.45) is 3.93. The van der Waals surface area contributed by atoms with Gasteiger partial charge in [-0.15, -0.1) is 0 Å². The maximum absolute atomic E-state index is 13.9.